The Labute approximate surface area is 129 Å². The normalized spacial score (nSPS) is 10.7. The summed E-state index contributed by atoms with van der Waals surface area (Å²) in [6.45, 7) is 0.528. The average molecular weight is 377 g/mol. The Balaban J connectivity index is 1.86. The molecule has 3 aromatic rings. The molecule has 0 saturated heterocycles. The number of rotatable bonds is 3. The van der Waals surface area contributed by atoms with Crippen molar-refractivity contribution in [3.05, 3.63) is 74.3 Å². The van der Waals surface area contributed by atoms with Crippen LogP contribution in [0.4, 0.5) is 5.69 Å². The maximum atomic E-state index is 12.0. The highest BCUT2D eigenvalue weighted by Crippen LogP contribution is 2.13. The van der Waals surface area contributed by atoms with Crippen molar-refractivity contribution in [3.8, 4) is 0 Å². The molecule has 0 aliphatic carbocycles. The average Bonchev–Trinajstić information content (AvgIpc) is 2.45. The lowest BCUT2D eigenvalue weighted by Crippen LogP contribution is -2.16. The Morgan fingerprint density at radius 1 is 1.15 bits per heavy atom. The number of hydrogen-bond donors (Lipinski definition) is 1. The van der Waals surface area contributed by atoms with Crippen molar-refractivity contribution < 1.29 is 0 Å². The summed E-state index contributed by atoms with van der Waals surface area (Å²) in [5, 5.41) is 3.28. The second-order valence-electron chi connectivity index (χ2n) is 4.38. The fourth-order valence-corrected chi connectivity index (χ4v) is 2.53. The minimum atomic E-state index is -0.0601. The third kappa shape index (κ3) is 2.82. The number of benzene rings is 1. The van der Waals surface area contributed by atoms with Crippen LogP contribution < -0.4 is 10.9 Å². The van der Waals surface area contributed by atoms with E-state index in [0.29, 0.717) is 12.2 Å². The number of nitrogens with zero attached hydrogens (tertiary/aromatic N) is 2. The fourth-order valence-electron chi connectivity index (χ4n) is 1.98. The van der Waals surface area contributed by atoms with Gasteiger partial charge >= 0.3 is 0 Å². The van der Waals surface area contributed by atoms with Crippen LogP contribution in [0.3, 0.4) is 0 Å². The van der Waals surface area contributed by atoms with E-state index in [1.165, 1.54) is 7.97 Å². The van der Waals surface area contributed by atoms with Gasteiger partial charge in [-0.05, 0) is 52.9 Å². The molecule has 2 heterocycles. The third-order valence-electron chi connectivity index (χ3n) is 2.92. The molecule has 4 nitrogen and oxygen atoms in total. The van der Waals surface area contributed by atoms with E-state index in [1.807, 2.05) is 36.4 Å². The van der Waals surface area contributed by atoms with Gasteiger partial charge in [-0.15, -0.1) is 0 Å². The van der Waals surface area contributed by atoms with Crippen LogP contribution in [0.1, 0.15) is 5.69 Å². The first kappa shape index (κ1) is 13.1. The van der Waals surface area contributed by atoms with Crippen molar-refractivity contribution in [2.75, 3.05) is 5.32 Å². The van der Waals surface area contributed by atoms with Gasteiger partial charge in [0, 0.05) is 21.5 Å². The summed E-state index contributed by atoms with van der Waals surface area (Å²) in [5.74, 6) is 0. The predicted molar refractivity (Wildman–Crippen MR) is 87.9 cm³/mol. The van der Waals surface area contributed by atoms with Gasteiger partial charge in [0.1, 0.15) is 5.65 Å². The van der Waals surface area contributed by atoms with Crippen molar-refractivity contribution in [2.24, 2.45) is 0 Å². The van der Waals surface area contributed by atoms with Crippen LogP contribution in [0.15, 0.2) is 59.5 Å². The number of nitrogens with one attached hydrogen (secondary N) is 1. The highest BCUT2D eigenvalue weighted by molar-refractivity contribution is 14.1. The predicted octanol–water partition coefficient (Wildman–Crippen LogP) is 2.91. The van der Waals surface area contributed by atoms with Crippen LogP contribution in [0.2, 0.25) is 0 Å². The first-order chi connectivity index (χ1) is 9.72. The molecule has 0 radical (unpaired) electrons. The lowest BCUT2D eigenvalue weighted by Gasteiger charge is -2.07. The number of halogens is 1. The molecular weight excluding hydrogens is 365 g/mol. The van der Waals surface area contributed by atoms with Crippen molar-refractivity contribution >= 4 is 33.9 Å². The van der Waals surface area contributed by atoms with Gasteiger partial charge in [0.15, 0.2) is 0 Å². The van der Waals surface area contributed by atoms with Gasteiger partial charge in [-0.25, -0.2) is 4.98 Å². The van der Waals surface area contributed by atoms with E-state index in [2.05, 4.69) is 39.0 Å². The first-order valence-corrected chi connectivity index (χ1v) is 7.27. The smallest absolute Gasteiger partial charge is 0.258 e. The van der Waals surface area contributed by atoms with Crippen LogP contribution in [-0.2, 0) is 6.54 Å². The second-order valence-corrected chi connectivity index (χ2v) is 5.62. The van der Waals surface area contributed by atoms with Crippen LogP contribution >= 0.6 is 22.6 Å². The van der Waals surface area contributed by atoms with E-state index in [4.69, 9.17) is 0 Å². The molecule has 0 spiro atoms. The molecule has 20 heavy (non-hydrogen) atoms. The summed E-state index contributed by atoms with van der Waals surface area (Å²) >= 11 is 2.27. The van der Waals surface area contributed by atoms with Crippen molar-refractivity contribution in [1.29, 1.82) is 0 Å². The van der Waals surface area contributed by atoms with E-state index in [0.717, 1.165) is 11.4 Å². The quantitative estimate of drug-likeness (QED) is 0.715. The molecule has 5 heteroatoms. The van der Waals surface area contributed by atoms with E-state index in [1.54, 1.807) is 12.3 Å². The van der Waals surface area contributed by atoms with E-state index in [9.17, 15) is 4.79 Å². The van der Waals surface area contributed by atoms with Gasteiger partial charge in [0.05, 0.1) is 12.2 Å². The lowest BCUT2D eigenvalue weighted by atomic mass is 10.3. The van der Waals surface area contributed by atoms with E-state index < -0.39 is 0 Å². The summed E-state index contributed by atoms with van der Waals surface area (Å²) < 4.78 is 2.70. The Bertz CT molecular complexity index is 813. The van der Waals surface area contributed by atoms with Crippen molar-refractivity contribution in [3.63, 3.8) is 0 Å². The second kappa shape index (κ2) is 5.62. The van der Waals surface area contributed by atoms with Gasteiger partial charge in [-0.1, -0.05) is 12.1 Å². The van der Waals surface area contributed by atoms with Gasteiger partial charge in [-0.2, -0.15) is 0 Å². The van der Waals surface area contributed by atoms with Gasteiger partial charge in [0.25, 0.3) is 5.56 Å². The Morgan fingerprint density at radius 3 is 2.90 bits per heavy atom. The highest BCUT2D eigenvalue weighted by atomic mass is 127. The molecular formula is C15H12IN3O. The lowest BCUT2D eigenvalue weighted by molar-refractivity contribution is 0.971. The number of fused-ring (bicyclic) bond motifs is 1. The Hall–Kier alpha value is -1.89. The molecule has 0 amide bonds. The van der Waals surface area contributed by atoms with Gasteiger partial charge < -0.3 is 5.32 Å². The van der Waals surface area contributed by atoms with Crippen LogP contribution in [0, 0.1) is 3.57 Å². The maximum Gasteiger partial charge on any atom is 0.258 e. The van der Waals surface area contributed by atoms with Crippen LogP contribution in [-0.4, -0.2) is 9.38 Å². The van der Waals surface area contributed by atoms with Gasteiger partial charge in [-0.3, -0.25) is 9.20 Å². The third-order valence-corrected chi connectivity index (χ3v) is 3.59. The molecule has 0 saturated carbocycles. The molecule has 0 aliphatic heterocycles. The molecule has 0 atom stereocenters. The minimum absolute atomic E-state index is 0.0601. The maximum absolute atomic E-state index is 12.0. The molecule has 1 N–H and O–H groups in total. The number of anilines is 1. The summed E-state index contributed by atoms with van der Waals surface area (Å²) in [4.78, 5) is 16.4. The monoisotopic (exact) mass is 377 g/mol. The minimum Gasteiger partial charge on any atom is -0.379 e. The SMILES string of the molecule is O=c1cc(CNc2cccc(I)c2)nc2ccccn12. The Kier molecular flexibility index (Phi) is 3.68. The van der Waals surface area contributed by atoms with E-state index in [-0.39, 0.29) is 5.56 Å². The van der Waals surface area contributed by atoms with Crippen molar-refractivity contribution in [2.45, 2.75) is 6.54 Å². The molecule has 100 valence electrons. The van der Waals surface area contributed by atoms with Crippen LogP contribution in [0.25, 0.3) is 5.65 Å². The molecule has 0 aliphatic rings. The first-order valence-electron chi connectivity index (χ1n) is 6.19. The zero-order valence-corrected chi connectivity index (χ0v) is 12.7. The summed E-state index contributed by atoms with van der Waals surface area (Å²) in [6.07, 6.45) is 1.72. The van der Waals surface area contributed by atoms with Crippen molar-refractivity contribution in [1.82, 2.24) is 9.38 Å². The summed E-state index contributed by atoms with van der Waals surface area (Å²) in [5.41, 5.74) is 2.36. The Morgan fingerprint density at radius 2 is 2.05 bits per heavy atom. The number of hydrogen-bond acceptors (Lipinski definition) is 3. The fraction of sp³-hybridized carbons (Fsp3) is 0.0667. The number of aromatic nitrogens is 2. The largest absolute Gasteiger partial charge is 0.379 e. The molecule has 3 rings (SSSR count). The zero-order valence-electron chi connectivity index (χ0n) is 10.6. The zero-order chi connectivity index (χ0) is 13.9. The summed E-state index contributed by atoms with van der Waals surface area (Å²) in [7, 11) is 0. The standard InChI is InChI=1S/C15H12IN3O/c16-11-4-3-5-12(8-11)17-10-13-9-15(20)19-7-2-1-6-14(19)18-13/h1-9,17H,10H2. The van der Waals surface area contributed by atoms with E-state index >= 15 is 0 Å². The molecule has 2 aromatic heterocycles. The summed E-state index contributed by atoms with van der Waals surface area (Å²) in [6, 6.07) is 15.2. The topological polar surface area (TPSA) is 46.4 Å². The van der Waals surface area contributed by atoms with Gasteiger partial charge in [0.2, 0.25) is 0 Å². The molecule has 0 bridgehead atoms. The number of pyridine rings is 1. The molecule has 1 aromatic carbocycles. The molecule has 0 fully saturated rings. The molecule has 0 unspecified atom stereocenters. The highest BCUT2D eigenvalue weighted by Gasteiger charge is 2.01. The van der Waals surface area contributed by atoms with Crippen LogP contribution in [0.5, 0.6) is 0 Å².